The Morgan fingerprint density at radius 1 is 0.967 bits per heavy atom. The Morgan fingerprint density at radius 2 is 1.87 bits per heavy atom. The minimum atomic E-state index is 0. The van der Waals surface area contributed by atoms with Crippen LogP contribution in [0.25, 0.3) is 16.6 Å². The predicted molar refractivity (Wildman–Crippen MR) is 129 cm³/mol. The van der Waals surface area contributed by atoms with E-state index in [1.807, 2.05) is 66.2 Å². The standard InChI is InChI=1S/C22H16IN5O.ClH/c1-14-10-16(27-22-18-11-15(23)2-4-19(18)25-13-26-22)3-5-20(14)29-17-6-8-28-9-7-24-21(28)12-17;/h2-13H,1H3,(H,25,26,27);1H. The van der Waals surface area contributed by atoms with Crippen LogP contribution in [0.2, 0.25) is 0 Å². The lowest BCUT2D eigenvalue weighted by molar-refractivity contribution is 0.478. The van der Waals surface area contributed by atoms with Crippen molar-refractivity contribution in [2.45, 2.75) is 6.92 Å². The molecule has 0 aliphatic carbocycles. The summed E-state index contributed by atoms with van der Waals surface area (Å²) in [4.78, 5) is 13.1. The fourth-order valence-electron chi connectivity index (χ4n) is 3.19. The Kier molecular flexibility index (Phi) is 5.74. The summed E-state index contributed by atoms with van der Waals surface area (Å²) in [6.45, 7) is 2.02. The Hall–Kier alpha value is -2.91. The summed E-state index contributed by atoms with van der Waals surface area (Å²) in [6.07, 6.45) is 7.18. The Morgan fingerprint density at radius 3 is 2.73 bits per heavy atom. The average molecular weight is 530 g/mol. The molecule has 5 rings (SSSR count). The van der Waals surface area contributed by atoms with Gasteiger partial charge in [0.15, 0.2) is 0 Å². The lowest BCUT2D eigenvalue weighted by Gasteiger charge is -2.12. The second kappa shape index (κ2) is 8.45. The van der Waals surface area contributed by atoms with E-state index in [-0.39, 0.29) is 12.4 Å². The van der Waals surface area contributed by atoms with Gasteiger partial charge in [-0.3, -0.25) is 0 Å². The number of benzene rings is 2. The second-order valence-electron chi connectivity index (χ2n) is 6.65. The number of pyridine rings is 1. The highest BCUT2D eigenvalue weighted by molar-refractivity contribution is 14.1. The maximum atomic E-state index is 6.07. The van der Waals surface area contributed by atoms with Crippen molar-refractivity contribution in [3.8, 4) is 11.5 Å². The lowest BCUT2D eigenvalue weighted by Crippen LogP contribution is -1.97. The molecule has 0 saturated carbocycles. The molecule has 2 aromatic carbocycles. The van der Waals surface area contributed by atoms with Gasteiger partial charge in [-0.2, -0.15) is 0 Å². The van der Waals surface area contributed by atoms with Crippen molar-refractivity contribution in [2.75, 3.05) is 5.32 Å². The quantitative estimate of drug-likeness (QED) is 0.283. The number of nitrogens with zero attached hydrogens (tertiary/aromatic N) is 4. The molecule has 0 fully saturated rings. The zero-order valence-electron chi connectivity index (χ0n) is 15.9. The molecule has 6 nitrogen and oxygen atoms in total. The number of imidazole rings is 1. The Labute approximate surface area is 192 Å². The highest BCUT2D eigenvalue weighted by Gasteiger charge is 2.08. The zero-order valence-corrected chi connectivity index (χ0v) is 18.9. The van der Waals surface area contributed by atoms with E-state index in [2.05, 4.69) is 48.9 Å². The first kappa shape index (κ1) is 20.4. The number of fused-ring (bicyclic) bond motifs is 2. The first-order chi connectivity index (χ1) is 14.2. The van der Waals surface area contributed by atoms with Gasteiger partial charge in [0.05, 0.1) is 5.52 Å². The van der Waals surface area contributed by atoms with Crippen LogP contribution in [0.4, 0.5) is 11.5 Å². The van der Waals surface area contributed by atoms with Crippen LogP contribution in [0.15, 0.2) is 73.4 Å². The van der Waals surface area contributed by atoms with Gasteiger partial charge in [0, 0.05) is 39.3 Å². The molecule has 0 radical (unpaired) electrons. The topological polar surface area (TPSA) is 64.3 Å². The summed E-state index contributed by atoms with van der Waals surface area (Å²) in [5.74, 6) is 2.34. The first-order valence-electron chi connectivity index (χ1n) is 9.04. The molecule has 0 saturated heterocycles. The zero-order chi connectivity index (χ0) is 19.8. The van der Waals surface area contributed by atoms with E-state index in [0.29, 0.717) is 0 Å². The molecule has 0 aliphatic rings. The molecule has 0 unspecified atom stereocenters. The summed E-state index contributed by atoms with van der Waals surface area (Å²) >= 11 is 2.29. The van der Waals surface area contributed by atoms with Crippen molar-refractivity contribution in [1.29, 1.82) is 0 Å². The van der Waals surface area contributed by atoms with Crippen LogP contribution in [-0.4, -0.2) is 19.4 Å². The van der Waals surface area contributed by atoms with E-state index in [4.69, 9.17) is 4.74 Å². The number of anilines is 2. The SMILES string of the molecule is Cc1cc(Nc2ncnc3ccc(I)cc23)ccc1Oc1ccn2ccnc2c1.Cl. The van der Waals surface area contributed by atoms with Gasteiger partial charge in [-0.1, -0.05) is 0 Å². The van der Waals surface area contributed by atoms with Crippen LogP contribution in [-0.2, 0) is 0 Å². The smallest absolute Gasteiger partial charge is 0.141 e. The van der Waals surface area contributed by atoms with Gasteiger partial charge in [-0.05, 0) is 77.5 Å². The number of hydrogen-bond acceptors (Lipinski definition) is 5. The first-order valence-corrected chi connectivity index (χ1v) is 10.1. The molecule has 3 aromatic heterocycles. The Balaban J connectivity index is 0.00000218. The van der Waals surface area contributed by atoms with Gasteiger partial charge in [-0.15, -0.1) is 12.4 Å². The number of hydrogen-bond donors (Lipinski definition) is 1. The van der Waals surface area contributed by atoms with Crippen LogP contribution in [0, 0.1) is 10.5 Å². The number of aryl methyl sites for hydroxylation is 1. The third-order valence-corrected chi connectivity index (χ3v) is 5.30. The molecular formula is C22H17ClIN5O. The van der Waals surface area contributed by atoms with Gasteiger partial charge in [0.2, 0.25) is 0 Å². The molecular weight excluding hydrogens is 513 g/mol. The van der Waals surface area contributed by atoms with Gasteiger partial charge >= 0.3 is 0 Å². The summed E-state index contributed by atoms with van der Waals surface area (Å²) < 4.78 is 9.16. The van der Waals surface area contributed by atoms with Crippen molar-refractivity contribution < 1.29 is 4.74 Å². The molecule has 0 amide bonds. The normalized spacial score (nSPS) is 10.7. The maximum Gasteiger partial charge on any atom is 0.141 e. The van der Waals surface area contributed by atoms with E-state index in [9.17, 15) is 0 Å². The number of nitrogens with one attached hydrogen (secondary N) is 1. The number of ether oxygens (including phenoxy) is 1. The average Bonchev–Trinajstić information content (AvgIpc) is 3.18. The fourth-order valence-corrected chi connectivity index (χ4v) is 3.68. The number of rotatable bonds is 4. The fraction of sp³-hybridized carbons (Fsp3) is 0.0455. The number of halogens is 2. The highest BCUT2D eigenvalue weighted by atomic mass is 127. The molecule has 0 bridgehead atoms. The monoisotopic (exact) mass is 529 g/mol. The third kappa shape index (κ3) is 4.03. The van der Waals surface area contributed by atoms with Crippen LogP contribution in [0.1, 0.15) is 5.56 Å². The molecule has 150 valence electrons. The van der Waals surface area contributed by atoms with Crippen molar-refractivity contribution in [3.63, 3.8) is 0 Å². The van der Waals surface area contributed by atoms with E-state index < -0.39 is 0 Å². The van der Waals surface area contributed by atoms with Crippen molar-refractivity contribution in [1.82, 2.24) is 19.4 Å². The van der Waals surface area contributed by atoms with Gasteiger partial charge in [0.25, 0.3) is 0 Å². The molecule has 3 heterocycles. The summed E-state index contributed by atoms with van der Waals surface area (Å²) in [7, 11) is 0. The van der Waals surface area contributed by atoms with E-state index in [1.54, 1.807) is 12.5 Å². The van der Waals surface area contributed by atoms with E-state index >= 15 is 0 Å². The third-order valence-electron chi connectivity index (χ3n) is 4.63. The van der Waals surface area contributed by atoms with Crippen LogP contribution < -0.4 is 10.1 Å². The molecule has 5 aromatic rings. The van der Waals surface area contributed by atoms with Crippen molar-refractivity contribution >= 4 is 63.1 Å². The van der Waals surface area contributed by atoms with Gasteiger partial charge < -0.3 is 14.5 Å². The molecule has 1 N–H and O–H groups in total. The minimum absolute atomic E-state index is 0. The van der Waals surface area contributed by atoms with Crippen molar-refractivity contribution in [3.05, 3.63) is 82.6 Å². The molecule has 0 atom stereocenters. The minimum Gasteiger partial charge on any atom is -0.457 e. The molecule has 8 heteroatoms. The molecule has 0 aliphatic heterocycles. The van der Waals surface area contributed by atoms with E-state index in [1.165, 1.54) is 0 Å². The summed E-state index contributed by atoms with van der Waals surface area (Å²) in [5.41, 5.74) is 3.72. The second-order valence-corrected chi connectivity index (χ2v) is 7.89. The molecule has 0 spiro atoms. The van der Waals surface area contributed by atoms with Gasteiger partial charge in [0.1, 0.15) is 29.3 Å². The van der Waals surface area contributed by atoms with Crippen LogP contribution >= 0.6 is 35.0 Å². The lowest BCUT2D eigenvalue weighted by atomic mass is 10.2. The highest BCUT2D eigenvalue weighted by Crippen LogP contribution is 2.30. The van der Waals surface area contributed by atoms with E-state index in [0.717, 1.165) is 48.7 Å². The summed E-state index contributed by atoms with van der Waals surface area (Å²) in [5, 5.41) is 4.39. The van der Waals surface area contributed by atoms with Gasteiger partial charge in [-0.25, -0.2) is 15.0 Å². The molecule has 30 heavy (non-hydrogen) atoms. The van der Waals surface area contributed by atoms with Crippen molar-refractivity contribution in [2.24, 2.45) is 0 Å². The van der Waals surface area contributed by atoms with Crippen LogP contribution in [0.3, 0.4) is 0 Å². The predicted octanol–water partition coefficient (Wildman–Crippen LogP) is 6.15. The Bertz CT molecular complexity index is 1350. The number of aromatic nitrogens is 4. The largest absolute Gasteiger partial charge is 0.457 e. The summed E-state index contributed by atoms with van der Waals surface area (Å²) in [6, 6.07) is 16.0. The van der Waals surface area contributed by atoms with Crippen LogP contribution in [0.5, 0.6) is 11.5 Å². The maximum absolute atomic E-state index is 6.07.